The van der Waals surface area contributed by atoms with Gasteiger partial charge in [-0.1, -0.05) is 18.2 Å². The van der Waals surface area contributed by atoms with Crippen LogP contribution in [-0.2, 0) is 19.4 Å². The van der Waals surface area contributed by atoms with Gasteiger partial charge in [0.05, 0.1) is 30.3 Å². The lowest BCUT2D eigenvalue weighted by molar-refractivity contribution is -0.141. The van der Waals surface area contributed by atoms with Gasteiger partial charge in [-0.25, -0.2) is 8.42 Å². The number of rotatable bonds is 6. The molecule has 6 nitrogen and oxygen atoms in total. The van der Waals surface area contributed by atoms with Crippen molar-refractivity contribution in [3.05, 3.63) is 30.3 Å². The third-order valence-corrected chi connectivity index (χ3v) is 5.95. The van der Waals surface area contributed by atoms with Gasteiger partial charge in [0, 0.05) is 12.6 Å². The van der Waals surface area contributed by atoms with E-state index in [0.717, 1.165) is 6.42 Å². The monoisotopic (exact) mass is 341 g/mol. The molecule has 0 unspecified atom stereocenters. The first-order valence-electron chi connectivity index (χ1n) is 7.71. The Morgan fingerprint density at radius 1 is 1.35 bits per heavy atom. The summed E-state index contributed by atoms with van der Waals surface area (Å²) >= 11 is 0. The quantitative estimate of drug-likeness (QED) is 0.772. The van der Waals surface area contributed by atoms with E-state index in [2.05, 4.69) is 4.74 Å². The van der Waals surface area contributed by atoms with E-state index in [1.165, 1.54) is 7.11 Å². The molecule has 1 aliphatic heterocycles. The number of carbonyl (C=O) groups is 1. The molecule has 2 atom stereocenters. The number of esters is 1. The van der Waals surface area contributed by atoms with Crippen molar-refractivity contribution in [1.82, 2.24) is 4.90 Å². The molecule has 0 aliphatic carbocycles. The standard InChI is InChI=1S/C16H23NO5S/c1-22-16(19)9-11-17-10-5-8-15(18)14(17)12-23(20,21)13-6-3-2-4-7-13/h2-4,6-7,14-15,18H,5,8-12H2,1H3/t14-,15+/m1/s1. The molecule has 1 fully saturated rings. The number of ether oxygens (including phenoxy) is 1. The number of hydrogen-bond donors (Lipinski definition) is 1. The molecule has 0 spiro atoms. The van der Waals surface area contributed by atoms with Gasteiger partial charge in [0.2, 0.25) is 0 Å². The Morgan fingerprint density at radius 2 is 2.04 bits per heavy atom. The van der Waals surface area contributed by atoms with Crippen molar-refractivity contribution < 1.29 is 23.1 Å². The zero-order valence-electron chi connectivity index (χ0n) is 13.2. The molecule has 1 aromatic rings. The molecule has 0 amide bonds. The molecule has 1 heterocycles. The molecule has 0 bridgehead atoms. The molecular formula is C16H23NO5S. The molecule has 7 heteroatoms. The molecular weight excluding hydrogens is 318 g/mol. The van der Waals surface area contributed by atoms with Gasteiger partial charge in [-0.2, -0.15) is 0 Å². The van der Waals surface area contributed by atoms with E-state index in [1.807, 2.05) is 4.90 Å². The number of benzene rings is 1. The smallest absolute Gasteiger partial charge is 0.306 e. The van der Waals surface area contributed by atoms with Crippen LogP contribution in [0, 0.1) is 0 Å². The summed E-state index contributed by atoms with van der Waals surface area (Å²) in [6.45, 7) is 1.06. The number of sulfone groups is 1. The summed E-state index contributed by atoms with van der Waals surface area (Å²) in [5.74, 6) is -0.492. The second kappa shape index (κ2) is 7.90. The Balaban J connectivity index is 2.11. The number of aliphatic hydroxyl groups is 1. The summed E-state index contributed by atoms with van der Waals surface area (Å²) in [5.41, 5.74) is 0. The van der Waals surface area contributed by atoms with Gasteiger partial charge in [0.1, 0.15) is 0 Å². The summed E-state index contributed by atoms with van der Waals surface area (Å²) in [6.07, 6.45) is 0.832. The molecule has 1 saturated heterocycles. The predicted octanol–water partition coefficient (Wildman–Crippen LogP) is 0.849. The van der Waals surface area contributed by atoms with E-state index in [0.29, 0.717) is 19.5 Å². The zero-order valence-corrected chi connectivity index (χ0v) is 14.0. The minimum absolute atomic E-state index is 0.153. The van der Waals surface area contributed by atoms with E-state index < -0.39 is 22.0 Å². The number of piperidine rings is 1. The van der Waals surface area contributed by atoms with Crippen LogP contribution < -0.4 is 0 Å². The Labute approximate surface area is 137 Å². The first kappa shape index (κ1) is 17.9. The Morgan fingerprint density at radius 3 is 2.70 bits per heavy atom. The highest BCUT2D eigenvalue weighted by atomic mass is 32.2. The lowest BCUT2D eigenvalue weighted by Crippen LogP contribution is -2.52. The maximum absolute atomic E-state index is 12.6. The van der Waals surface area contributed by atoms with Crippen LogP contribution in [0.5, 0.6) is 0 Å². The lowest BCUT2D eigenvalue weighted by Gasteiger charge is -2.38. The van der Waals surface area contributed by atoms with Gasteiger partial charge in [-0.3, -0.25) is 9.69 Å². The SMILES string of the molecule is COC(=O)CCN1CCC[C@H](O)[C@H]1CS(=O)(=O)c1ccccc1. The van der Waals surface area contributed by atoms with Crippen molar-refractivity contribution >= 4 is 15.8 Å². The third kappa shape index (κ3) is 4.76. The van der Waals surface area contributed by atoms with Gasteiger partial charge in [-0.15, -0.1) is 0 Å². The number of carbonyl (C=O) groups excluding carboxylic acids is 1. The van der Waals surface area contributed by atoms with Crippen LogP contribution >= 0.6 is 0 Å². The van der Waals surface area contributed by atoms with Crippen LogP contribution in [0.25, 0.3) is 0 Å². The van der Waals surface area contributed by atoms with Gasteiger partial charge in [0.15, 0.2) is 9.84 Å². The minimum atomic E-state index is -3.49. The molecule has 0 aromatic heterocycles. The van der Waals surface area contributed by atoms with Crippen molar-refractivity contribution in [2.24, 2.45) is 0 Å². The molecule has 2 rings (SSSR count). The van der Waals surface area contributed by atoms with Crippen molar-refractivity contribution in [3.63, 3.8) is 0 Å². The number of nitrogens with zero attached hydrogens (tertiary/aromatic N) is 1. The maximum Gasteiger partial charge on any atom is 0.306 e. The van der Waals surface area contributed by atoms with Crippen LogP contribution in [0.3, 0.4) is 0 Å². The fourth-order valence-corrected chi connectivity index (χ4v) is 4.53. The van der Waals surface area contributed by atoms with E-state index >= 15 is 0 Å². The van der Waals surface area contributed by atoms with E-state index in [4.69, 9.17) is 0 Å². The largest absolute Gasteiger partial charge is 0.469 e. The van der Waals surface area contributed by atoms with E-state index in [9.17, 15) is 18.3 Å². The van der Waals surface area contributed by atoms with Crippen molar-refractivity contribution in [2.45, 2.75) is 36.3 Å². The number of likely N-dealkylation sites (tertiary alicyclic amines) is 1. The zero-order chi connectivity index (χ0) is 16.9. The molecule has 1 N–H and O–H groups in total. The van der Waals surface area contributed by atoms with Crippen LogP contribution in [0.15, 0.2) is 35.2 Å². The van der Waals surface area contributed by atoms with Gasteiger partial charge >= 0.3 is 5.97 Å². The molecule has 128 valence electrons. The second-order valence-electron chi connectivity index (χ2n) is 5.73. The van der Waals surface area contributed by atoms with Crippen molar-refractivity contribution in [2.75, 3.05) is 26.0 Å². The van der Waals surface area contributed by atoms with Crippen LogP contribution in [-0.4, -0.2) is 62.5 Å². The average Bonchev–Trinajstić information content (AvgIpc) is 2.55. The fraction of sp³-hybridized carbons (Fsp3) is 0.562. The van der Waals surface area contributed by atoms with Crippen LogP contribution in [0.4, 0.5) is 0 Å². The number of methoxy groups -OCH3 is 1. The van der Waals surface area contributed by atoms with Crippen LogP contribution in [0.2, 0.25) is 0 Å². The molecule has 0 saturated carbocycles. The molecule has 0 radical (unpaired) electrons. The van der Waals surface area contributed by atoms with Gasteiger partial charge in [-0.05, 0) is 31.5 Å². The summed E-state index contributed by atoms with van der Waals surface area (Å²) in [7, 11) is -2.16. The van der Waals surface area contributed by atoms with Gasteiger partial charge in [0.25, 0.3) is 0 Å². The summed E-state index contributed by atoms with van der Waals surface area (Å²) < 4.78 is 29.7. The molecule has 1 aliphatic rings. The highest BCUT2D eigenvalue weighted by Gasteiger charge is 2.34. The Hall–Kier alpha value is -1.44. The Bertz CT molecular complexity index is 617. The average molecular weight is 341 g/mol. The van der Waals surface area contributed by atoms with Crippen LogP contribution in [0.1, 0.15) is 19.3 Å². The first-order chi connectivity index (χ1) is 10.9. The maximum atomic E-state index is 12.6. The third-order valence-electron chi connectivity index (χ3n) is 4.18. The predicted molar refractivity (Wildman–Crippen MR) is 85.7 cm³/mol. The second-order valence-corrected chi connectivity index (χ2v) is 7.77. The lowest BCUT2D eigenvalue weighted by atomic mass is 10.00. The summed E-state index contributed by atoms with van der Waals surface area (Å²) in [5, 5.41) is 10.2. The number of aliphatic hydroxyl groups excluding tert-OH is 1. The fourth-order valence-electron chi connectivity index (χ4n) is 2.89. The summed E-state index contributed by atoms with van der Waals surface area (Å²) in [6, 6.07) is 7.74. The molecule has 23 heavy (non-hydrogen) atoms. The van der Waals surface area contributed by atoms with E-state index in [-0.39, 0.29) is 23.0 Å². The van der Waals surface area contributed by atoms with Gasteiger partial charge < -0.3 is 9.84 Å². The number of hydrogen-bond acceptors (Lipinski definition) is 6. The van der Waals surface area contributed by atoms with Crippen molar-refractivity contribution in [3.8, 4) is 0 Å². The molecule has 1 aromatic carbocycles. The minimum Gasteiger partial charge on any atom is -0.469 e. The Kier molecular flexibility index (Phi) is 6.15. The topological polar surface area (TPSA) is 83.9 Å². The van der Waals surface area contributed by atoms with E-state index in [1.54, 1.807) is 30.3 Å². The highest BCUT2D eigenvalue weighted by Crippen LogP contribution is 2.22. The summed E-state index contributed by atoms with van der Waals surface area (Å²) in [4.78, 5) is 13.5. The first-order valence-corrected chi connectivity index (χ1v) is 9.36. The van der Waals surface area contributed by atoms with Crippen molar-refractivity contribution in [1.29, 1.82) is 0 Å². The highest BCUT2D eigenvalue weighted by molar-refractivity contribution is 7.91. The normalized spacial score (nSPS) is 22.7.